The normalized spacial score (nSPS) is 18.5. The summed E-state index contributed by atoms with van der Waals surface area (Å²) in [5.74, 6) is 6.45. The second-order valence-corrected chi connectivity index (χ2v) is 5.87. The molecule has 0 saturated carbocycles. The average molecular weight is 319 g/mol. The molecule has 3 rings (SSSR count). The van der Waals surface area contributed by atoms with Crippen molar-refractivity contribution in [3.63, 3.8) is 0 Å². The highest BCUT2D eigenvalue weighted by atomic mass is 16.5. The van der Waals surface area contributed by atoms with Gasteiger partial charge in [0.15, 0.2) is 0 Å². The number of ether oxygens (including phenoxy) is 1. The van der Waals surface area contributed by atoms with Crippen LogP contribution in [0, 0.1) is 11.8 Å². The Morgan fingerprint density at radius 3 is 2.46 bits per heavy atom. The molecule has 1 saturated heterocycles. The lowest BCUT2D eigenvalue weighted by Crippen LogP contribution is -2.39. The minimum atomic E-state index is -0.217. The molecule has 0 aromatic heterocycles. The second-order valence-electron chi connectivity index (χ2n) is 5.87. The first-order chi connectivity index (χ1) is 11.8. The summed E-state index contributed by atoms with van der Waals surface area (Å²) in [7, 11) is 1.45. The first-order valence-corrected chi connectivity index (χ1v) is 8.24. The van der Waals surface area contributed by atoms with E-state index >= 15 is 0 Å². The molecule has 2 aromatic carbocycles. The topological polar surface area (TPSA) is 29.5 Å². The molecule has 0 amide bonds. The molecule has 1 fully saturated rings. The molecule has 0 unspecified atom stereocenters. The van der Waals surface area contributed by atoms with Gasteiger partial charge in [-0.3, -0.25) is 9.69 Å². The number of likely N-dealkylation sites (tertiary alicyclic amines) is 1. The van der Waals surface area contributed by atoms with Crippen LogP contribution in [0.4, 0.5) is 0 Å². The molecule has 1 heterocycles. The molecule has 0 N–H and O–H groups in total. The Morgan fingerprint density at radius 1 is 1.12 bits per heavy atom. The molecule has 24 heavy (non-hydrogen) atoms. The number of rotatable bonds is 3. The van der Waals surface area contributed by atoms with E-state index in [9.17, 15) is 4.79 Å². The van der Waals surface area contributed by atoms with Gasteiger partial charge in [-0.25, -0.2) is 0 Å². The highest BCUT2D eigenvalue weighted by Gasteiger charge is 2.36. The lowest BCUT2D eigenvalue weighted by Gasteiger charge is -2.28. The zero-order valence-corrected chi connectivity index (χ0v) is 13.8. The van der Waals surface area contributed by atoms with Gasteiger partial charge < -0.3 is 4.74 Å². The first kappa shape index (κ1) is 16.3. The summed E-state index contributed by atoms with van der Waals surface area (Å²) >= 11 is 0. The number of methoxy groups -OCH3 is 1. The van der Waals surface area contributed by atoms with Crippen LogP contribution < -0.4 is 0 Å². The predicted octanol–water partition coefficient (Wildman–Crippen LogP) is 3.42. The number of hydrogen-bond donors (Lipinski definition) is 0. The van der Waals surface area contributed by atoms with Crippen molar-refractivity contribution < 1.29 is 9.53 Å². The number of carbonyl (C=O) groups excluding carboxylic acids is 1. The summed E-state index contributed by atoms with van der Waals surface area (Å²) < 4.78 is 4.98. The van der Waals surface area contributed by atoms with E-state index in [1.54, 1.807) is 0 Å². The standard InChI is InChI=1S/C21H21NO2/c1-24-21(23)20-13-8-16-22(20)19(18-11-6-3-7-12-18)15-14-17-9-4-2-5-10-17/h2-7,9-12,19-20H,8,13,16H2,1H3/t19-,20-/m0/s1. The van der Waals surface area contributed by atoms with Crippen molar-refractivity contribution in [2.75, 3.05) is 13.7 Å². The quantitative estimate of drug-likeness (QED) is 0.641. The summed E-state index contributed by atoms with van der Waals surface area (Å²) in [6.45, 7) is 0.850. The lowest BCUT2D eigenvalue weighted by atomic mass is 10.0. The summed E-state index contributed by atoms with van der Waals surface area (Å²) in [6.07, 6.45) is 1.80. The molecule has 1 aliphatic heterocycles. The molecule has 3 nitrogen and oxygen atoms in total. The smallest absolute Gasteiger partial charge is 0.323 e. The highest BCUT2D eigenvalue weighted by Crippen LogP contribution is 2.29. The number of benzene rings is 2. The number of carbonyl (C=O) groups is 1. The SMILES string of the molecule is COC(=O)[C@@H]1CCCN1[C@@H](C#Cc1ccccc1)c1ccccc1. The zero-order chi connectivity index (χ0) is 16.8. The minimum Gasteiger partial charge on any atom is -0.468 e. The van der Waals surface area contributed by atoms with Gasteiger partial charge >= 0.3 is 5.97 Å². The molecule has 0 aliphatic carbocycles. The number of hydrogen-bond acceptors (Lipinski definition) is 3. The Hall–Kier alpha value is -2.57. The summed E-state index contributed by atoms with van der Waals surface area (Å²) in [5, 5.41) is 0. The van der Waals surface area contributed by atoms with E-state index in [1.165, 1.54) is 7.11 Å². The van der Waals surface area contributed by atoms with Crippen LogP contribution in [-0.2, 0) is 9.53 Å². The van der Waals surface area contributed by atoms with Crippen LogP contribution in [0.5, 0.6) is 0 Å². The Labute approximate surface area is 143 Å². The van der Waals surface area contributed by atoms with Crippen LogP contribution in [0.15, 0.2) is 60.7 Å². The van der Waals surface area contributed by atoms with Crippen LogP contribution in [0.1, 0.15) is 30.0 Å². The van der Waals surface area contributed by atoms with Crippen molar-refractivity contribution in [2.45, 2.75) is 24.9 Å². The Balaban J connectivity index is 1.94. The molecular weight excluding hydrogens is 298 g/mol. The fourth-order valence-corrected chi connectivity index (χ4v) is 3.15. The van der Waals surface area contributed by atoms with E-state index in [0.717, 1.165) is 30.5 Å². The Bertz CT molecular complexity index is 731. The average Bonchev–Trinajstić information content (AvgIpc) is 3.12. The minimum absolute atomic E-state index is 0.113. The summed E-state index contributed by atoms with van der Waals surface area (Å²) in [5.41, 5.74) is 2.09. The number of esters is 1. The van der Waals surface area contributed by atoms with Crippen LogP contribution >= 0.6 is 0 Å². The van der Waals surface area contributed by atoms with Gasteiger partial charge in [0.05, 0.1) is 13.2 Å². The van der Waals surface area contributed by atoms with Gasteiger partial charge in [0, 0.05) is 12.1 Å². The number of nitrogens with zero attached hydrogens (tertiary/aromatic N) is 1. The van der Waals surface area contributed by atoms with Gasteiger partial charge in [-0.05, 0) is 30.5 Å². The third-order valence-electron chi connectivity index (χ3n) is 4.34. The molecule has 0 bridgehead atoms. The Morgan fingerprint density at radius 2 is 1.79 bits per heavy atom. The molecule has 2 atom stereocenters. The van der Waals surface area contributed by atoms with E-state index in [1.807, 2.05) is 48.5 Å². The first-order valence-electron chi connectivity index (χ1n) is 8.24. The van der Waals surface area contributed by atoms with E-state index in [0.29, 0.717) is 0 Å². The van der Waals surface area contributed by atoms with E-state index in [2.05, 4.69) is 28.9 Å². The fraction of sp³-hybridized carbons (Fsp3) is 0.286. The maximum absolute atomic E-state index is 12.1. The van der Waals surface area contributed by atoms with Crippen molar-refractivity contribution in [3.8, 4) is 11.8 Å². The fourth-order valence-electron chi connectivity index (χ4n) is 3.15. The van der Waals surface area contributed by atoms with E-state index in [4.69, 9.17) is 4.74 Å². The van der Waals surface area contributed by atoms with Crippen LogP contribution in [0.3, 0.4) is 0 Å². The zero-order valence-electron chi connectivity index (χ0n) is 13.8. The van der Waals surface area contributed by atoms with Gasteiger partial charge in [-0.15, -0.1) is 0 Å². The van der Waals surface area contributed by atoms with Crippen LogP contribution in [0.25, 0.3) is 0 Å². The van der Waals surface area contributed by atoms with Crippen molar-refractivity contribution in [1.82, 2.24) is 4.90 Å². The lowest BCUT2D eigenvalue weighted by molar-refractivity contribution is -0.146. The maximum atomic E-state index is 12.1. The Kier molecular flexibility index (Phi) is 5.30. The van der Waals surface area contributed by atoms with Crippen LogP contribution in [-0.4, -0.2) is 30.6 Å². The molecule has 0 spiro atoms. The molecule has 122 valence electrons. The molecule has 2 aromatic rings. The summed E-state index contributed by atoms with van der Waals surface area (Å²) in [6, 6.07) is 19.8. The molecular formula is C21H21NO2. The van der Waals surface area contributed by atoms with Gasteiger partial charge in [-0.1, -0.05) is 60.4 Å². The third kappa shape index (κ3) is 3.67. The predicted molar refractivity (Wildman–Crippen MR) is 94.2 cm³/mol. The largest absolute Gasteiger partial charge is 0.468 e. The van der Waals surface area contributed by atoms with Gasteiger partial charge in [-0.2, -0.15) is 0 Å². The second kappa shape index (κ2) is 7.81. The van der Waals surface area contributed by atoms with Crippen molar-refractivity contribution >= 4 is 5.97 Å². The molecule has 3 heteroatoms. The van der Waals surface area contributed by atoms with Crippen molar-refractivity contribution in [1.29, 1.82) is 0 Å². The van der Waals surface area contributed by atoms with Gasteiger partial charge in [0.1, 0.15) is 6.04 Å². The van der Waals surface area contributed by atoms with E-state index in [-0.39, 0.29) is 18.1 Å². The highest BCUT2D eigenvalue weighted by molar-refractivity contribution is 5.76. The third-order valence-corrected chi connectivity index (χ3v) is 4.34. The van der Waals surface area contributed by atoms with Crippen molar-refractivity contribution in [3.05, 3.63) is 71.8 Å². The summed E-state index contributed by atoms with van der Waals surface area (Å²) in [4.78, 5) is 14.3. The van der Waals surface area contributed by atoms with E-state index < -0.39 is 0 Å². The van der Waals surface area contributed by atoms with Crippen LogP contribution in [0.2, 0.25) is 0 Å². The molecule has 1 aliphatic rings. The van der Waals surface area contributed by atoms with Gasteiger partial charge in [0.25, 0.3) is 0 Å². The van der Waals surface area contributed by atoms with Gasteiger partial charge in [0.2, 0.25) is 0 Å². The monoisotopic (exact) mass is 319 g/mol. The maximum Gasteiger partial charge on any atom is 0.323 e. The van der Waals surface area contributed by atoms with Crippen molar-refractivity contribution in [2.24, 2.45) is 0 Å². The molecule has 0 radical (unpaired) electrons.